The summed E-state index contributed by atoms with van der Waals surface area (Å²) in [5.74, 6) is -2.49. The van der Waals surface area contributed by atoms with Gasteiger partial charge in [0.1, 0.15) is 17.7 Å². The smallest absolute Gasteiger partial charge is 0.408 e. The zero-order valence-electron chi connectivity index (χ0n) is 23.7. The second-order valence-electron chi connectivity index (χ2n) is 10.00. The van der Waals surface area contributed by atoms with Crippen LogP contribution in [0.4, 0.5) is 4.79 Å². The van der Waals surface area contributed by atoms with Crippen molar-refractivity contribution in [3.05, 3.63) is 34.9 Å². The van der Waals surface area contributed by atoms with E-state index in [0.29, 0.717) is 5.56 Å². The van der Waals surface area contributed by atoms with E-state index in [9.17, 15) is 29.1 Å². The van der Waals surface area contributed by atoms with E-state index in [1.165, 1.54) is 0 Å². The quantitative estimate of drug-likeness (QED) is 0.251. The number of hydrogen-bond donors (Lipinski definition) is 4. The summed E-state index contributed by atoms with van der Waals surface area (Å²) in [5.41, 5.74) is 6.55. The van der Waals surface area contributed by atoms with Crippen LogP contribution in [0, 0.1) is 13.8 Å². The Morgan fingerprint density at radius 3 is 2.33 bits per heavy atom. The molecule has 2 unspecified atom stereocenters. The SMILES string of the molecule is CCOC(=O)CCNC(=O)C(c1cccc(C)c1C)N(CCO)C(=O)C(CCC(N)=O)NC(=O)OC(C)(C)C. The number of esters is 1. The van der Waals surface area contributed by atoms with Crippen molar-refractivity contribution in [3.8, 4) is 0 Å². The maximum atomic E-state index is 13.9. The number of nitrogens with zero attached hydrogens (tertiary/aromatic N) is 1. The largest absolute Gasteiger partial charge is 0.466 e. The fraction of sp³-hybridized carbons (Fsp3) is 0.593. The van der Waals surface area contributed by atoms with E-state index >= 15 is 0 Å². The molecule has 5 N–H and O–H groups in total. The average Bonchev–Trinajstić information content (AvgIpc) is 2.82. The van der Waals surface area contributed by atoms with Crippen LogP contribution in [-0.4, -0.2) is 77.7 Å². The van der Waals surface area contributed by atoms with Gasteiger partial charge in [0.2, 0.25) is 17.7 Å². The van der Waals surface area contributed by atoms with Gasteiger partial charge in [0.15, 0.2) is 0 Å². The Labute approximate surface area is 229 Å². The number of carbonyl (C=O) groups is 5. The first-order chi connectivity index (χ1) is 18.2. The molecular weight excluding hydrogens is 508 g/mol. The zero-order chi connectivity index (χ0) is 29.8. The van der Waals surface area contributed by atoms with Crippen molar-refractivity contribution in [2.24, 2.45) is 5.73 Å². The summed E-state index contributed by atoms with van der Waals surface area (Å²) in [6, 6.07) is 2.78. The molecule has 0 saturated carbocycles. The lowest BCUT2D eigenvalue weighted by Crippen LogP contribution is -2.54. The predicted octanol–water partition coefficient (Wildman–Crippen LogP) is 1.39. The van der Waals surface area contributed by atoms with Gasteiger partial charge in [0, 0.05) is 19.5 Å². The van der Waals surface area contributed by atoms with Gasteiger partial charge in [-0.05, 0) is 64.7 Å². The van der Waals surface area contributed by atoms with Gasteiger partial charge in [0.25, 0.3) is 0 Å². The molecule has 0 aliphatic carbocycles. The Balaban J connectivity index is 3.45. The number of alkyl carbamates (subject to hydrolysis) is 1. The van der Waals surface area contributed by atoms with Gasteiger partial charge in [-0.15, -0.1) is 0 Å². The van der Waals surface area contributed by atoms with E-state index in [1.807, 2.05) is 13.0 Å². The molecule has 12 heteroatoms. The molecular formula is C27H42N4O8. The van der Waals surface area contributed by atoms with Crippen LogP contribution in [0.15, 0.2) is 18.2 Å². The summed E-state index contributed by atoms with van der Waals surface area (Å²) in [4.78, 5) is 64.4. The number of nitrogens with two attached hydrogens (primary N) is 1. The Hall–Kier alpha value is -3.67. The summed E-state index contributed by atoms with van der Waals surface area (Å²) in [6.07, 6.45) is -1.34. The van der Waals surface area contributed by atoms with Crippen molar-refractivity contribution in [1.29, 1.82) is 0 Å². The number of aryl methyl sites for hydroxylation is 1. The first-order valence-corrected chi connectivity index (χ1v) is 12.9. The topological polar surface area (TPSA) is 177 Å². The maximum Gasteiger partial charge on any atom is 0.408 e. The lowest BCUT2D eigenvalue weighted by atomic mass is 9.94. The Kier molecular flexibility index (Phi) is 13.4. The minimum Gasteiger partial charge on any atom is -0.466 e. The number of benzene rings is 1. The van der Waals surface area contributed by atoms with Crippen LogP contribution >= 0.6 is 0 Å². The van der Waals surface area contributed by atoms with Crippen molar-refractivity contribution < 1.29 is 38.6 Å². The number of aliphatic hydroxyl groups excluding tert-OH is 1. The van der Waals surface area contributed by atoms with Crippen molar-refractivity contribution in [2.45, 2.75) is 78.5 Å². The molecule has 1 rings (SSSR count). The number of ether oxygens (including phenoxy) is 2. The number of nitrogens with one attached hydrogen (secondary N) is 2. The van der Waals surface area contributed by atoms with Gasteiger partial charge < -0.3 is 35.8 Å². The highest BCUT2D eigenvalue weighted by atomic mass is 16.6. The summed E-state index contributed by atoms with van der Waals surface area (Å²) in [7, 11) is 0. The van der Waals surface area contributed by atoms with Crippen LogP contribution < -0.4 is 16.4 Å². The number of carbonyl (C=O) groups excluding carboxylic acids is 5. The molecule has 1 aromatic rings. The second kappa shape index (κ2) is 15.7. The molecule has 12 nitrogen and oxygen atoms in total. The third-order valence-corrected chi connectivity index (χ3v) is 5.73. The summed E-state index contributed by atoms with van der Waals surface area (Å²) in [5, 5.41) is 15.0. The zero-order valence-corrected chi connectivity index (χ0v) is 23.7. The minimum absolute atomic E-state index is 0.0402. The summed E-state index contributed by atoms with van der Waals surface area (Å²) >= 11 is 0. The van der Waals surface area contributed by atoms with E-state index in [4.69, 9.17) is 15.2 Å². The highest BCUT2D eigenvalue weighted by molar-refractivity contribution is 5.93. The lowest BCUT2D eigenvalue weighted by molar-refractivity contribution is -0.144. The van der Waals surface area contributed by atoms with Crippen molar-refractivity contribution in [3.63, 3.8) is 0 Å². The molecule has 0 radical (unpaired) electrons. The lowest BCUT2D eigenvalue weighted by Gasteiger charge is -2.35. The van der Waals surface area contributed by atoms with Crippen molar-refractivity contribution in [1.82, 2.24) is 15.5 Å². The van der Waals surface area contributed by atoms with Crippen molar-refractivity contribution in [2.75, 3.05) is 26.3 Å². The molecule has 0 aliphatic rings. The number of rotatable bonds is 14. The first-order valence-electron chi connectivity index (χ1n) is 12.9. The molecule has 2 atom stereocenters. The van der Waals surface area contributed by atoms with E-state index < -0.39 is 54.1 Å². The van der Waals surface area contributed by atoms with Crippen LogP contribution in [0.1, 0.15) is 69.7 Å². The highest BCUT2D eigenvalue weighted by Gasteiger charge is 2.37. The number of primary amides is 1. The molecule has 4 amide bonds. The van der Waals surface area contributed by atoms with Crippen LogP contribution in [0.3, 0.4) is 0 Å². The molecule has 218 valence electrons. The second-order valence-corrected chi connectivity index (χ2v) is 10.00. The van der Waals surface area contributed by atoms with Gasteiger partial charge in [-0.25, -0.2) is 4.79 Å². The van der Waals surface area contributed by atoms with Gasteiger partial charge in [-0.2, -0.15) is 0 Å². The fourth-order valence-corrected chi connectivity index (χ4v) is 3.81. The van der Waals surface area contributed by atoms with Crippen LogP contribution in [0.2, 0.25) is 0 Å². The predicted molar refractivity (Wildman–Crippen MR) is 143 cm³/mol. The van der Waals surface area contributed by atoms with Gasteiger partial charge in [-0.1, -0.05) is 18.2 Å². The van der Waals surface area contributed by atoms with Gasteiger partial charge in [-0.3, -0.25) is 19.2 Å². The van der Waals surface area contributed by atoms with Gasteiger partial charge >= 0.3 is 12.1 Å². The molecule has 0 aromatic heterocycles. The van der Waals surface area contributed by atoms with Crippen LogP contribution in [-0.2, 0) is 28.7 Å². The minimum atomic E-state index is -1.28. The van der Waals surface area contributed by atoms with Gasteiger partial charge in [0.05, 0.1) is 19.6 Å². The molecule has 0 saturated heterocycles. The molecule has 1 aromatic carbocycles. The molecule has 0 aliphatic heterocycles. The van der Waals surface area contributed by atoms with Crippen LogP contribution in [0.5, 0.6) is 0 Å². The monoisotopic (exact) mass is 550 g/mol. The molecule has 0 heterocycles. The number of amides is 4. The van der Waals surface area contributed by atoms with E-state index in [2.05, 4.69) is 10.6 Å². The average molecular weight is 551 g/mol. The first kappa shape index (κ1) is 33.4. The normalized spacial score (nSPS) is 12.6. The molecule has 0 bridgehead atoms. The van der Waals surface area contributed by atoms with Crippen LogP contribution in [0.25, 0.3) is 0 Å². The Bertz CT molecular complexity index is 1020. The molecule has 0 spiro atoms. The molecule has 39 heavy (non-hydrogen) atoms. The standard InChI is InChI=1S/C27H42N4O8/c1-7-38-22(34)13-14-29-24(35)23(19-10-8-9-17(2)18(19)3)31(15-16-32)25(36)20(11-12-21(28)33)30-26(37)39-27(4,5)6/h8-10,20,23,32H,7,11-16H2,1-6H3,(H2,28,33)(H,29,35)(H,30,37). The van der Waals surface area contributed by atoms with Crippen molar-refractivity contribution >= 4 is 29.8 Å². The van der Waals surface area contributed by atoms with E-state index in [-0.39, 0.29) is 39.0 Å². The maximum absolute atomic E-state index is 13.9. The van der Waals surface area contributed by atoms with E-state index in [1.54, 1.807) is 46.8 Å². The number of hydrogen-bond acceptors (Lipinski definition) is 8. The van der Waals surface area contributed by atoms with E-state index in [0.717, 1.165) is 16.0 Å². The fourth-order valence-electron chi connectivity index (χ4n) is 3.81. The summed E-state index contributed by atoms with van der Waals surface area (Å²) < 4.78 is 10.2. The number of aliphatic hydroxyl groups is 1. The Morgan fingerprint density at radius 1 is 1.10 bits per heavy atom. The molecule has 0 fully saturated rings. The third-order valence-electron chi connectivity index (χ3n) is 5.73. The Morgan fingerprint density at radius 2 is 1.77 bits per heavy atom. The highest BCUT2D eigenvalue weighted by Crippen LogP contribution is 2.27. The summed E-state index contributed by atoms with van der Waals surface area (Å²) in [6.45, 7) is 9.71. The third kappa shape index (κ3) is 11.3.